The van der Waals surface area contributed by atoms with E-state index >= 15 is 0 Å². The summed E-state index contributed by atoms with van der Waals surface area (Å²) in [5.41, 5.74) is 1.85. The number of aromatic nitrogens is 1. The molecule has 0 atom stereocenters. The van der Waals surface area contributed by atoms with Gasteiger partial charge in [0, 0.05) is 24.5 Å². The van der Waals surface area contributed by atoms with E-state index in [0.29, 0.717) is 29.0 Å². The van der Waals surface area contributed by atoms with Gasteiger partial charge in [0.25, 0.3) is 5.91 Å². The molecule has 156 valence electrons. The number of benzene rings is 2. The normalized spacial score (nSPS) is 11.2. The van der Waals surface area contributed by atoms with Crippen LogP contribution in [0, 0.1) is 0 Å². The number of rotatable bonds is 4. The molecule has 1 heterocycles. The second-order valence-electron chi connectivity index (χ2n) is 7.87. The molecule has 2 amide bonds. The molecule has 0 aliphatic rings. The van der Waals surface area contributed by atoms with Crippen LogP contribution in [0.4, 0.5) is 10.6 Å². The maximum absolute atomic E-state index is 13.0. The number of hydrogen-bond donors (Lipinski definition) is 1. The van der Waals surface area contributed by atoms with Gasteiger partial charge in [0.1, 0.15) is 11.4 Å². The zero-order valence-electron chi connectivity index (χ0n) is 18.0. The molecule has 3 rings (SSSR count). The average Bonchev–Trinajstić information content (AvgIpc) is 2.72. The van der Waals surface area contributed by atoms with Crippen LogP contribution in [0.1, 0.15) is 38.1 Å². The van der Waals surface area contributed by atoms with E-state index in [9.17, 15) is 9.59 Å². The second-order valence-corrected chi connectivity index (χ2v) is 7.87. The highest BCUT2D eigenvalue weighted by Crippen LogP contribution is 2.37. The van der Waals surface area contributed by atoms with Crippen molar-refractivity contribution >= 4 is 28.7 Å². The molecule has 1 N–H and O–H groups in total. The number of carbonyl (C=O) groups excluding carboxylic acids is 2. The fraction of sp³-hybridized carbons (Fsp3) is 0.292. The number of pyridine rings is 1. The summed E-state index contributed by atoms with van der Waals surface area (Å²) in [6.07, 6.45) is -0.507. The molecule has 0 radical (unpaired) electrons. The molecule has 30 heavy (non-hydrogen) atoms. The van der Waals surface area contributed by atoms with Crippen molar-refractivity contribution in [3.05, 3.63) is 60.2 Å². The Morgan fingerprint density at radius 3 is 2.27 bits per heavy atom. The van der Waals surface area contributed by atoms with Crippen molar-refractivity contribution in [3.8, 4) is 11.1 Å². The highest BCUT2D eigenvalue weighted by molar-refractivity contribution is 6.14. The SMILES string of the molecule is CCN(C(=O)OC(C)(C)C)c1nc2ccccc2c(C(=O)NC)c1-c1ccccc1. The van der Waals surface area contributed by atoms with E-state index in [-0.39, 0.29) is 5.91 Å². The number of amides is 2. The summed E-state index contributed by atoms with van der Waals surface area (Å²) in [5, 5.41) is 3.46. The third-order valence-electron chi connectivity index (χ3n) is 4.58. The van der Waals surface area contributed by atoms with Crippen molar-refractivity contribution in [2.24, 2.45) is 0 Å². The molecule has 0 saturated carbocycles. The van der Waals surface area contributed by atoms with Gasteiger partial charge in [-0.2, -0.15) is 0 Å². The minimum absolute atomic E-state index is 0.242. The largest absolute Gasteiger partial charge is 0.443 e. The molecule has 1 aromatic heterocycles. The predicted octanol–water partition coefficient (Wildman–Crippen LogP) is 5.02. The van der Waals surface area contributed by atoms with Crippen molar-refractivity contribution < 1.29 is 14.3 Å². The van der Waals surface area contributed by atoms with Crippen LogP contribution < -0.4 is 10.2 Å². The Hall–Kier alpha value is -3.41. The van der Waals surface area contributed by atoms with E-state index < -0.39 is 11.7 Å². The molecule has 0 spiro atoms. The molecular weight excluding hydrogens is 378 g/mol. The van der Waals surface area contributed by atoms with Gasteiger partial charge in [-0.15, -0.1) is 0 Å². The van der Waals surface area contributed by atoms with Crippen LogP contribution in [0.3, 0.4) is 0 Å². The van der Waals surface area contributed by atoms with Crippen LogP contribution in [0.15, 0.2) is 54.6 Å². The van der Waals surface area contributed by atoms with E-state index in [2.05, 4.69) is 5.32 Å². The van der Waals surface area contributed by atoms with E-state index in [1.807, 2.05) is 82.3 Å². The lowest BCUT2D eigenvalue weighted by Gasteiger charge is -2.28. The van der Waals surface area contributed by atoms with Crippen molar-refractivity contribution in [1.82, 2.24) is 10.3 Å². The number of anilines is 1. The smallest absolute Gasteiger partial charge is 0.416 e. The standard InChI is InChI=1S/C24H27N3O3/c1-6-27(23(29)30-24(2,3)4)21-19(16-12-8-7-9-13-16)20(22(28)25-5)17-14-10-11-15-18(17)26-21/h7-15H,6H2,1-5H3,(H,25,28). The maximum Gasteiger partial charge on any atom is 0.416 e. The first-order valence-corrected chi connectivity index (χ1v) is 9.97. The highest BCUT2D eigenvalue weighted by atomic mass is 16.6. The number of fused-ring (bicyclic) bond motifs is 1. The lowest BCUT2D eigenvalue weighted by atomic mass is 9.95. The van der Waals surface area contributed by atoms with E-state index in [0.717, 1.165) is 10.9 Å². The predicted molar refractivity (Wildman–Crippen MR) is 120 cm³/mol. The van der Waals surface area contributed by atoms with Crippen LogP contribution in [0.5, 0.6) is 0 Å². The van der Waals surface area contributed by atoms with E-state index in [1.54, 1.807) is 7.05 Å². The third-order valence-corrected chi connectivity index (χ3v) is 4.58. The fourth-order valence-corrected chi connectivity index (χ4v) is 3.32. The summed E-state index contributed by atoms with van der Waals surface area (Å²) in [6, 6.07) is 16.9. The summed E-state index contributed by atoms with van der Waals surface area (Å²) in [7, 11) is 1.59. The number of ether oxygens (including phenoxy) is 1. The lowest BCUT2D eigenvalue weighted by Crippen LogP contribution is -2.38. The molecule has 6 nitrogen and oxygen atoms in total. The Balaban J connectivity index is 2.37. The summed E-state index contributed by atoms with van der Waals surface area (Å²) in [6.45, 7) is 7.66. The highest BCUT2D eigenvalue weighted by Gasteiger charge is 2.29. The molecular formula is C24H27N3O3. The summed E-state index contributed by atoms with van der Waals surface area (Å²) in [4.78, 5) is 32.3. The molecule has 0 bridgehead atoms. The molecule has 0 saturated heterocycles. The van der Waals surface area contributed by atoms with Gasteiger partial charge in [-0.3, -0.25) is 9.69 Å². The van der Waals surface area contributed by atoms with Crippen molar-refractivity contribution in [2.75, 3.05) is 18.5 Å². The zero-order chi connectivity index (χ0) is 21.9. The average molecular weight is 405 g/mol. The fourth-order valence-electron chi connectivity index (χ4n) is 3.32. The van der Waals surface area contributed by atoms with Crippen LogP contribution in [0.25, 0.3) is 22.0 Å². The first-order valence-electron chi connectivity index (χ1n) is 9.97. The first-order chi connectivity index (χ1) is 14.3. The Morgan fingerprint density at radius 2 is 1.67 bits per heavy atom. The Bertz CT molecular complexity index is 1070. The molecule has 0 fully saturated rings. The van der Waals surface area contributed by atoms with Crippen LogP contribution in [-0.4, -0.2) is 36.2 Å². The van der Waals surface area contributed by atoms with E-state index in [1.165, 1.54) is 4.90 Å². The van der Waals surface area contributed by atoms with Crippen LogP contribution in [-0.2, 0) is 4.74 Å². The minimum Gasteiger partial charge on any atom is -0.443 e. The van der Waals surface area contributed by atoms with Gasteiger partial charge >= 0.3 is 6.09 Å². The first kappa shape index (κ1) is 21.3. The van der Waals surface area contributed by atoms with Crippen molar-refractivity contribution in [2.45, 2.75) is 33.3 Å². The van der Waals surface area contributed by atoms with E-state index in [4.69, 9.17) is 9.72 Å². The monoisotopic (exact) mass is 405 g/mol. The number of para-hydroxylation sites is 1. The number of hydrogen-bond acceptors (Lipinski definition) is 4. The van der Waals surface area contributed by atoms with Crippen LogP contribution in [0.2, 0.25) is 0 Å². The summed E-state index contributed by atoms with van der Waals surface area (Å²) < 4.78 is 5.62. The van der Waals surface area contributed by atoms with Gasteiger partial charge in [-0.25, -0.2) is 9.78 Å². The molecule has 0 unspecified atom stereocenters. The number of nitrogens with one attached hydrogen (secondary N) is 1. The van der Waals surface area contributed by atoms with Crippen molar-refractivity contribution in [3.63, 3.8) is 0 Å². The third kappa shape index (κ3) is 4.27. The molecule has 6 heteroatoms. The zero-order valence-corrected chi connectivity index (χ0v) is 18.0. The Kier molecular flexibility index (Phi) is 6.06. The molecule has 0 aliphatic heterocycles. The van der Waals surface area contributed by atoms with Gasteiger partial charge in [0.05, 0.1) is 11.1 Å². The Morgan fingerprint density at radius 1 is 1.03 bits per heavy atom. The van der Waals surface area contributed by atoms with Crippen molar-refractivity contribution in [1.29, 1.82) is 0 Å². The van der Waals surface area contributed by atoms with Crippen LogP contribution >= 0.6 is 0 Å². The second kappa shape index (κ2) is 8.53. The number of nitrogens with zero attached hydrogens (tertiary/aromatic N) is 2. The maximum atomic E-state index is 13.0. The lowest BCUT2D eigenvalue weighted by molar-refractivity contribution is 0.0581. The van der Waals surface area contributed by atoms with Gasteiger partial charge in [0.2, 0.25) is 0 Å². The van der Waals surface area contributed by atoms with Gasteiger partial charge in [-0.1, -0.05) is 48.5 Å². The molecule has 3 aromatic rings. The number of carbonyl (C=O) groups is 2. The quantitative estimate of drug-likeness (QED) is 0.661. The minimum atomic E-state index is -0.655. The summed E-state index contributed by atoms with van der Waals surface area (Å²) >= 11 is 0. The topological polar surface area (TPSA) is 71.5 Å². The molecule has 0 aliphatic carbocycles. The van der Waals surface area contributed by atoms with Gasteiger partial charge < -0.3 is 10.1 Å². The van der Waals surface area contributed by atoms with Gasteiger partial charge in [0.15, 0.2) is 0 Å². The Labute approximate surface area is 176 Å². The molecule has 2 aromatic carbocycles. The van der Waals surface area contributed by atoms with Gasteiger partial charge in [-0.05, 0) is 39.3 Å². The summed E-state index contributed by atoms with van der Waals surface area (Å²) in [5.74, 6) is 0.157.